The third kappa shape index (κ3) is 1.29. The molecule has 4 nitrogen and oxygen atoms in total. The predicted octanol–water partition coefficient (Wildman–Crippen LogP) is 0.838. The maximum atomic E-state index is 9.44. The van der Waals surface area contributed by atoms with E-state index in [1.807, 2.05) is 0 Å². The zero-order valence-corrected chi connectivity index (χ0v) is 6.99. The molecule has 4 N–H and O–H groups in total. The highest BCUT2D eigenvalue weighted by Crippen LogP contribution is 2.37. The van der Waals surface area contributed by atoms with E-state index in [0.717, 1.165) is 19.0 Å². The number of phenolic OH excluding ortho intramolecular Hbond substituents is 3. The topological polar surface area (TPSA) is 72.7 Å². The van der Waals surface area contributed by atoms with Gasteiger partial charge >= 0.3 is 0 Å². The molecule has 1 saturated heterocycles. The minimum atomic E-state index is -0.291. The van der Waals surface area contributed by atoms with Crippen LogP contribution in [-0.4, -0.2) is 21.9 Å². The highest BCUT2D eigenvalue weighted by molar-refractivity contribution is 5.49. The third-order valence-electron chi connectivity index (χ3n) is 2.32. The van der Waals surface area contributed by atoms with Crippen LogP contribution in [0, 0.1) is 0 Å². The number of nitrogens with one attached hydrogen (secondary N) is 1. The molecule has 0 bridgehead atoms. The minimum absolute atomic E-state index is 0.0208. The van der Waals surface area contributed by atoms with Crippen LogP contribution in [0.2, 0.25) is 0 Å². The lowest BCUT2D eigenvalue weighted by Crippen LogP contribution is -2.34. The van der Waals surface area contributed by atoms with Crippen molar-refractivity contribution in [3.8, 4) is 17.2 Å². The van der Waals surface area contributed by atoms with Crippen LogP contribution in [0.25, 0.3) is 0 Å². The van der Waals surface area contributed by atoms with Gasteiger partial charge in [0, 0.05) is 17.7 Å². The van der Waals surface area contributed by atoms with Crippen molar-refractivity contribution >= 4 is 0 Å². The Morgan fingerprint density at radius 3 is 2.23 bits per heavy atom. The molecule has 0 spiro atoms. The lowest BCUT2D eigenvalue weighted by Gasteiger charge is -2.28. The quantitative estimate of drug-likeness (QED) is 0.382. The second-order valence-corrected chi connectivity index (χ2v) is 3.20. The summed E-state index contributed by atoms with van der Waals surface area (Å²) in [6.07, 6.45) is 0.942. The number of benzene rings is 1. The lowest BCUT2D eigenvalue weighted by molar-refractivity contribution is 0.354. The van der Waals surface area contributed by atoms with Gasteiger partial charge in [0.25, 0.3) is 0 Å². The molecule has 1 atom stereocenters. The van der Waals surface area contributed by atoms with E-state index in [2.05, 4.69) is 5.32 Å². The molecule has 0 aliphatic carbocycles. The van der Waals surface area contributed by atoms with Crippen LogP contribution in [0.4, 0.5) is 0 Å². The van der Waals surface area contributed by atoms with Crippen LogP contribution in [-0.2, 0) is 0 Å². The van der Waals surface area contributed by atoms with E-state index >= 15 is 0 Å². The monoisotopic (exact) mass is 181 g/mol. The van der Waals surface area contributed by atoms with Crippen molar-refractivity contribution in [3.05, 3.63) is 17.7 Å². The highest BCUT2D eigenvalue weighted by atomic mass is 16.3. The first-order valence-corrected chi connectivity index (χ1v) is 4.16. The fraction of sp³-hybridized carbons (Fsp3) is 0.333. The third-order valence-corrected chi connectivity index (χ3v) is 2.32. The van der Waals surface area contributed by atoms with Gasteiger partial charge in [0.15, 0.2) is 11.5 Å². The van der Waals surface area contributed by atoms with E-state index in [1.165, 1.54) is 6.07 Å². The maximum Gasteiger partial charge on any atom is 0.161 e. The van der Waals surface area contributed by atoms with E-state index in [-0.39, 0.29) is 23.3 Å². The molecular formula is C9H11NO3. The zero-order valence-electron chi connectivity index (χ0n) is 6.99. The Morgan fingerprint density at radius 2 is 1.69 bits per heavy atom. The number of aromatic hydroxyl groups is 3. The van der Waals surface area contributed by atoms with Gasteiger partial charge in [-0.2, -0.15) is 0 Å². The summed E-state index contributed by atoms with van der Waals surface area (Å²) in [6, 6.07) is 2.65. The molecule has 0 aromatic heterocycles. The average Bonchev–Trinajstić information content (AvgIpc) is 1.96. The normalized spacial score (nSPS) is 21.1. The second-order valence-electron chi connectivity index (χ2n) is 3.20. The Hall–Kier alpha value is -1.42. The minimum Gasteiger partial charge on any atom is -0.507 e. The first-order chi connectivity index (χ1) is 6.18. The molecule has 1 fully saturated rings. The van der Waals surface area contributed by atoms with Gasteiger partial charge in [-0.15, -0.1) is 0 Å². The molecule has 0 radical (unpaired) electrons. The molecule has 4 heteroatoms. The number of phenols is 3. The molecule has 0 saturated carbocycles. The fourth-order valence-electron chi connectivity index (χ4n) is 1.42. The van der Waals surface area contributed by atoms with Gasteiger partial charge in [0.1, 0.15) is 5.75 Å². The number of rotatable bonds is 1. The molecule has 1 aliphatic rings. The Morgan fingerprint density at radius 1 is 1.08 bits per heavy atom. The van der Waals surface area contributed by atoms with Gasteiger partial charge in [0.2, 0.25) is 0 Å². The molecule has 1 aliphatic heterocycles. The summed E-state index contributed by atoms with van der Waals surface area (Å²) in [5.41, 5.74) is 0.640. The van der Waals surface area contributed by atoms with Gasteiger partial charge in [-0.3, -0.25) is 0 Å². The van der Waals surface area contributed by atoms with Crippen molar-refractivity contribution < 1.29 is 15.3 Å². The predicted molar refractivity (Wildman–Crippen MR) is 46.8 cm³/mol. The maximum absolute atomic E-state index is 9.44. The van der Waals surface area contributed by atoms with Crippen molar-refractivity contribution in [3.63, 3.8) is 0 Å². The van der Waals surface area contributed by atoms with E-state index < -0.39 is 0 Å². The van der Waals surface area contributed by atoms with Crippen LogP contribution in [0.5, 0.6) is 17.2 Å². The first-order valence-electron chi connectivity index (χ1n) is 4.16. The molecular weight excluding hydrogens is 170 g/mol. The highest BCUT2D eigenvalue weighted by Gasteiger charge is 2.22. The van der Waals surface area contributed by atoms with Crippen molar-refractivity contribution in [2.75, 3.05) is 6.54 Å². The molecule has 13 heavy (non-hydrogen) atoms. The van der Waals surface area contributed by atoms with Gasteiger partial charge in [-0.1, -0.05) is 0 Å². The van der Waals surface area contributed by atoms with Gasteiger partial charge in [0.05, 0.1) is 0 Å². The average molecular weight is 181 g/mol. The zero-order chi connectivity index (χ0) is 9.42. The molecule has 0 unspecified atom stereocenters. The number of hydrogen-bond donors (Lipinski definition) is 4. The fourth-order valence-corrected chi connectivity index (χ4v) is 1.42. The Labute approximate surface area is 75.5 Å². The van der Waals surface area contributed by atoms with E-state index in [4.69, 9.17) is 5.11 Å². The number of hydrogen-bond acceptors (Lipinski definition) is 4. The molecule has 1 aromatic carbocycles. The summed E-state index contributed by atoms with van der Waals surface area (Å²) >= 11 is 0. The standard InChI is InChI=1S/C9H11NO3/c11-7-4-9(13)8(12)3-5(7)6-1-2-10-6/h3-4,6,10-13H,1-2H2/t6-/m0/s1. The Bertz CT molecular complexity index is 334. The second kappa shape index (κ2) is 2.81. The van der Waals surface area contributed by atoms with Crippen LogP contribution >= 0.6 is 0 Å². The smallest absolute Gasteiger partial charge is 0.161 e. The summed E-state index contributed by atoms with van der Waals surface area (Å²) in [7, 11) is 0. The van der Waals surface area contributed by atoms with Crippen molar-refractivity contribution in [1.82, 2.24) is 5.32 Å². The summed E-state index contributed by atoms with van der Waals surface area (Å²) in [5, 5.41) is 30.8. The van der Waals surface area contributed by atoms with Gasteiger partial charge in [-0.05, 0) is 19.0 Å². The Balaban J connectivity index is 2.39. The van der Waals surface area contributed by atoms with E-state index in [0.29, 0.717) is 5.56 Å². The molecule has 1 aromatic rings. The SMILES string of the molecule is Oc1cc(O)c([C@@H]2CCN2)cc1O. The molecule has 1 heterocycles. The Kier molecular flexibility index (Phi) is 1.77. The van der Waals surface area contributed by atoms with Crippen LogP contribution in [0.15, 0.2) is 12.1 Å². The van der Waals surface area contributed by atoms with Crippen molar-refractivity contribution in [2.45, 2.75) is 12.5 Å². The van der Waals surface area contributed by atoms with E-state index in [9.17, 15) is 10.2 Å². The van der Waals surface area contributed by atoms with Crippen LogP contribution in [0.3, 0.4) is 0 Å². The largest absolute Gasteiger partial charge is 0.507 e. The molecule has 0 amide bonds. The van der Waals surface area contributed by atoms with Crippen molar-refractivity contribution in [2.24, 2.45) is 0 Å². The van der Waals surface area contributed by atoms with Gasteiger partial charge in [-0.25, -0.2) is 0 Å². The van der Waals surface area contributed by atoms with Crippen molar-refractivity contribution in [1.29, 1.82) is 0 Å². The van der Waals surface area contributed by atoms with Crippen LogP contribution in [0.1, 0.15) is 18.0 Å². The van der Waals surface area contributed by atoms with E-state index in [1.54, 1.807) is 0 Å². The van der Waals surface area contributed by atoms with Crippen LogP contribution < -0.4 is 5.32 Å². The summed E-state index contributed by atoms with van der Waals surface area (Å²) < 4.78 is 0. The molecule has 70 valence electrons. The lowest BCUT2D eigenvalue weighted by atomic mass is 9.97. The summed E-state index contributed by atoms with van der Waals surface area (Å²) in [6.45, 7) is 0.922. The summed E-state index contributed by atoms with van der Waals surface area (Å²) in [5.74, 6) is -0.463. The summed E-state index contributed by atoms with van der Waals surface area (Å²) in [4.78, 5) is 0. The van der Waals surface area contributed by atoms with Gasteiger partial charge < -0.3 is 20.6 Å². The molecule has 2 rings (SSSR count). The first kappa shape index (κ1) is 8.19.